The minimum absolute atomic E-state index is 0.0264. The van der Waals surface area contributed by atoms with Gasteiger partial charge in [0.25, 0.3) is 11.8 Å². The number of halogens is 2. The van der Waals surface area contributed by atoms with Gasteiger partial charge in [-0.25, -0.2) is 4.39 Å². The van der Waals surface area contributed by atoms with Crippen molar-refractivity contribution in [3.63, 3.8) is 0 Å². The average molecular weight is 698 g/mol. The van der Waals surface area contributed by atoms with Gasteiger partial charge in [0.15, 0.2) is 5.60 Å². The molecule has 0 bridgehead atoms. The van der Waals surface area contributed by atoms with Gasteiger partial charge >= 0.3 is 5.97 Å². The lowest BCUT2D eigenvalue weighted by molar-refractivity contribution is -0.157. The number of esters is 1. The SMILES string of the molecule is C[C@H](CC(=O)OC(C)(C)C)Oc1ccccc1-c1ccc(C(=O)N2CCC(N3C(=O)C(O)(CCO)C(O)c4ncc(Cl)cc43)CC2)c(F)c1. The Labute approximate surface area is 289 Å². The zero-order valence-electron chi connectivity index (χ0n) is 27.9. The number of nitrogens with zero attached hydrogens (tertiary/aromatic N) is 3. The van der Waals surface area contributed by atoms with Crippen LogP contribution < -0.4 is 9.64 Å². The number of ether oxygens (including phenoxy) is 2. The van der Waals surface area contributed by atoms with E-state index in [0.29, 0.717) is 29.7 Å². The number of piperidine rings is 1. The van der Waals surface area contributed by atoms with Crippen LogP contribution in [0.2, 0.25) is 5.02 Å². The first-order valence-corrected chi connectivity index (χ1v) is 16.6. The molecule has 2 aliphatic rings. The zero-order chi connectivity index (χ0) is 35.7. The van der Waals surface area contributed by atoms with Crippen LogP contribution in [0.25, 0.3) is 11.1 Å². The number of carbonyl (C=O) groups is 3. The molecule has 1 aromatic heterocycles. The van der Waals surface area contributed by atoms with Crippen LogP contribution in [-0.2, 0) is 14.3 Å². The molecule has 2 unspecified atom stereocenters. The third-order valence-corrected chi connectivity index (χ3v) is 8.84. The Hall–Kier alpha value is -4.10. The normalized spacial score (nSPS) is 20.5. The molecule has 3 N–H and O–H groups in total. The number of para-hydroxylation sites is 1. The average Bonchev–Trinajstić information content (AvgIpc) is 3.03. The van der Waals surface area contributed by atoms with E-state index in [0.717, 1.165) is 0 Å². The molecule has 2 aromatic carbocycles. The van der Waals surface area contributed by atoms with Crippen LogP contribution in [0.4, 0.5) is 10.1 Å². The highest BCUT2D eigenvalue weighted by molar-refractivity contribution is 6.30. The number of anilines is 1. The summed E-state index contributed by atoms with van der Waals surface area (Å²) in [6, 6.07) is 12.4. The first-order valence-electron chi connectivity index (χ1n) is 16.2. The summed E-state index contributed by atoms with van der Waals surface area (Å²) in [7, 11) is 0. The van der Waals surface area contributed by atoms with Gasteiger partial charge in [0.1, 0.15) is 29.4 Å². The van der Waals surface area contributed by atoms with E-state index in [-0.39, 0.29) is 41.5 Å². The summed E-state index contributed by atoms with van der Waals surface area (Å²) in [6.07, 6.45) is -0.666. The molecule has 0 aliphatic carbocycles. The highest BCUT2D eigenvalue weighted by atomic mass is 35.5. The molecule has 2 aliphatic heterocycles. The number of pyridine rings is 1. The van der Waals surface area contributed by atoms with Gasteiger partial charge in [-0.2, -0.15) is 0 Å². The van der Waals surface area contributed by atoms with E-state index in [4.69, 9.17) is 21.1 Å². The largest absolute Gasteiger partial charge is 0.489 e. The van der Waals surface area contributed by atoms with Crippen LogP contribution in [0.15, 0.2) is 54.7 Å². The molecule has 3 atom stereocenters. The van der Waals surface area contributed by atoms with Gasteiger partial charge in [0.2, 0.25) is 0 Å². The van der Waals surface area contributed by atoms with Gasteiger partial charge in [0.05, 0.1) is 28.4 Å². The first kappa shape index (κ1) is 36.2. The summed E-state index contributed by atoms with van der Waals surface area (Å²) in [5, 5.41) is 31.8. The number of fused-ring (bicyclic) bond motifs is 1. The number of aliphatic hydroxyl groups excluding tert-OH is 2. The molecule has 5 rings (SSSR count). The third kappa shape index (κ3) is 7.72. The molecule has 1 fully saturated rings. The van der Waals surface area contributed by atoms with Gasteiger partial charge in [-0.05, 0) is 70.4 Å². The quantitative estimate of drug-likeness (QED) is 0.267. The molecule has 262 valence electrons. The van der Waals surface area contributed by atoms with Crippen LogP contribution in [0.5, 0.6) is 5.75 Å². The maximum absolute atomic E-state index is 15.6. The second kappa shape index (κ2) is 14.4. The number of carbonyl (C=O) groups excluding carboxylic acids is 3. The number of hydrogen-bond acceptors (Lipinski definition) is 9. The fraction of sp³-hybridized carbons (Fsp3) is 0.444. The van der Waals surface area contributed by atoms with Crippen molar-refractivity contribution in [3.8, 4) is 16.9 Å². The van der Waals surface area contributed by atoms with Gasteiger partial charge in [0, 0.05) is 43.9 Å². The Morgan fingerprint density at radius 1 is 1.14 bits per heavy atom. The summed E-state index contributed by atoms with van der Waals surface area (Å²) < 4.78 is 27.0. The van der Waals surface area contributed by atoms with Crippen molar-refractivity contribution < 1.29 is 43.6 Å². The van der Waals surface area contributed by atoms with Crippen molar-refractivity contribution in [2.45, 2.75) is 82.8 Å². The minimum Gasteiger partial charge on any atom is -0.489 e. The standard InChI is InChI=1S/C36H41ClFN3O8/c1-21(17-30(43)49-35(2,3)4)48-29-8-6-5-7-25(29)22-9-10-26(27(38)18-22)33(45)40-14-11-24(12-15-40)41-28-19-23(37)20-39-31(28)32(44)36(47,13-16-42)34(41)46/h5-10,18-21,24,32,42,44,47H,11-17H2,1-4H3/t21-,32?,36?/m1/s1. The van der Waals surface area contributed by atoms with Crippen molar-refractivity contribution >= 4 is 35.1 Å². The van der Waals surface area contributed by atoms with Gasteiger partial charge in [-0.1, -0.05) is 35.9 Å². The summed E-state index contributed by atoms with van der Waals surface area (Å²) in [5.74, 6) is -1.97. The van der Waals surface area contributed by atoms with Crippen molar-refractivity contribution in [1.29, 1.82) is 0 Å². The number of rotatable bonds is 9. The lowest BCUT2D eigenvalue weighted by Crippen LogP contribution is -2.61. The summed E-state index contributed by atoms with van der Waals surface area (Å²) >= 11 is 6.18. The lowest BCUT2D eigenvalue weighted by Gasteiger charge is -2.46. The predicted molar refractivity (Wildman–Crippen MR) is 180 cm³/mol. The zero-order valence-corrected chi connectivity index (χ0v) is 28.6. The lowest BCUT2D eigenvalue weighted by atomic mass is 9.83. The Balaban J connectivity index is 1.29. The Kier molecular flexibility index (Phi) is 10.6. The highest BCUT2D eigenvalue weighted by Crippen LogP contribution is 2.44. The van der Waals surface area contributed by atoms with E-state index < -0.39 is 66.1 Å². The van der Waals surface area contributed by atoms with E-state index in [1.165, 1.54) is 34.2 Å². The molecule has 1 saturated heterocycles. The second-order valence-electron chi connectivity index (χ2n) is 13.5. The molecular weight excluding hydrogens is 657 g/mol. The minimum atomic E-state index is -2.29. The first-order chi connectivity index (χ1) is 23.1. The predicted octanol–water partition coefficient (Wildman–Crippen LogP) is 4.84. The van der Waals surface area contributed by atoms with Crippen LogP contribution in [0, 0.1) is 5.82 Å². The van der Waals surface area contributed by atoms with E-state index in [1.54, 1.807) is 58.0 Å². The van der Waals surface area contributed by atoms with Crippen LogP contribution >= 0.6 is 11.6 Å². The molecule has 49 heavy (non-hydrogen) atoms. The third-order valence-electron chi connectivity index (χ3n) is 8.63. The van der Waals surface area contributed by atoms with Crippen LogP contribution in [-0.4, -0.2) is 86.0 Å². The topological polar surface area (TPSA) is 150 Å². The number of benzene rings is 2. The monoisotopic (exact) mass is 697 g/mol. The molecule has 3 aromatic rings. The van der Waals surface area contributed by atoms with Crippen molar-refractivity contribution in [3.05, 3.63) is 76.8 Å². The van der Waals surface area contributed by atoms with E-state index in [9.17, 15) is 29.7 Å². The number of likely N-dealkylation sites (tertiary alicyclic amines) is 1. The smallest absolute Gasteiger partial charge is 0.310 e. The van der Waals surface area contributed by atoms with Gasteiger partial charge in [-0.15, -0.1) is 0 Å². The van der Waals surface area contributed by atoms with E-state index >= 15 is 4.39 Å². The summed E-state index contributed by atoms with van der Waals surface area (Å²) in [5.41, 5.74) is -1.64. The number of hydrogen-bond donors (Lipinski definition) is 3. The van der Waals surface area contributed by atoms with Crippen LogP contribution in [0.3, 0.4) is 0 Å². The van der Waals surface area contributed by atoms with Gasteiger partial charge in [-0.3, -0.25) is 19.4 Å². The molecular formula is C36H41ClFN3O8. The van der Waals surface area contributed by atoms with Crippen molar-refractivity contribution in [1.82, 2.24) is 9.88 Å². The molecule has 0 spiro atoms. The highest BCUT2D eigenvalue weighted by Gasteiger charge is 2.54. The maximum Gasteiger partial charge on any atom is 0.310 e. The molecule has 0 saturated carbocycles. The van der Waals surface area contributed by atoms with Crippen LogP contribution in [0.1, 0.15) is 75.5 Å². The van der Waals surface area contributed by atoms with E-state index in [1.807, 2.05) is 0 Å². The Morgan fingerprint density at radius 2 is 1.84 bits per heavy atom. The number of amides is 2. The van der Waals surface area contributed by atoms with Crippen molar-refractivity contribution in [2.24, 2.45) is 0 Å². The summed E-state index contributed by atoms with van der Waals surface area (Å²) in [4.78, 5) is 46.4. The number of aromatic nitrogens is 1. The molecule has 2 amide bonds. The molecule has 0 radical (unpaired) electrons. The fourth-order valence-corrected chi connectivity index (χ4v) is 6.47. The van der Waals surface area contributed by atoms with E-state index in [2.05, 4.69) is 4.98 Å². The Morgan fingerprint density at radius 3 is 2.49 bits per heavy atom. The van der Waals surface area contributed by atoms with Crippen molar-refractivity contribution in [2.75, 3.05) is 24.6 Å². The molecule has 3 heterocycles. The molecule has 11 nitrogen and oxygen atoms in total. The second-order valence-corrected chi connectivity index (χ2v) is 13.9. The fourth-order valence-electron chi connectivity index (χ4n) is 6.32. The maximum atomic E-state index is 15.6. The molecule has 13 heteroatoms. The Bertz CT molecular complexity index is 1720. The summed E-state index contributed by atoms with van der Waals surface area (Å²) in [6.45, 7) is 6.94. The number of aliphatic hydroxyl groups is 3. The van der Waals surface area contributed by atoms with Gasteiger partial charge < -0.3 is 34.6 Å².